The normalized spacial score (nSPS) is 37.0. The summed E-state index contributed by atoms with van der Waals surface area (Å²) in [7, 11) is -6.64. The van der Waals surface area contributed by atoms with Gasteiger partial charge in [-0.2, -0.15) is 17.6 Å². The van der Waals surface area contributed by atoms with Gasteiger partial charge in [-0.1, -0.05) is 0 Å². The first-order chi connectivity index (χ1) is 11.7. The zero-order valence-electron chi connectivity index (χ0n) is 13.7. The van der Waals surface area contributed by atoms with Crippen LogP contribution in [0, 0.1) is 17.3 Å². The first-order valence-corrected chi connectivity index (χ1v) is 9.67. The summed E-state index contributed by atoms with van der Waals surface area (Å²) in [5, 5.41) is 4.65. The second-order valence-corrected chi connectivity index (χ2v) is 9.62. The molecule has 150 valence electrons. The lowest BCUT2D eigenvalue weighted by molar-refractivity contribution is -0.198. The molecule has 4 bridgehead atoms. The lowest BCUT2D eigenvalue weighted by atomic mass is 9.48. The topological polar surface area (TPSA) is 104 Å². The highest BCUT2D eigenvalue weighted by atomic mass is 32.2. The van der Waals surface area contributed by atoms with Crippen LogP contribution in [0.3, 0.4) is 0 Å². The van der Waals surface area contributed by atoms with Crippen molar-refractivity contribution in [3.63, 3.8) is 0 Å². The van der Waals surface area contributed by atoms with Crippen LogP contribution in [0.1, 0.15) is 44.9 Å². The fourth-order valence-corrected chi connectivity index (χ4v) is 5.76. The van der Waals surface area contributed by atoms with E-state index >= 15 is 0 Å². The smallest absolute Gasteiger partial charge is 0.396 e. The number of esters is 1. The maximum atomic E-state index is 13.4. The molecule has 2 atom stereocenters. The molecule has 1 N–H and O–H groups in total. The average Bonchev–Trinajstić information content (AvgIpc) is 2.40. The number of halogens is 4. The number of hydrogen-bond donors (Lipinski definition) is 1. The Bertz CT molecular complexity index is 693. The Balaban J connectivity index is 1.63. The fourth-order valence-electron chi connectivity index (χ4n) is 5.32. The first kappa shape index (κ1) is 19.8. The van der Waals surface area contributed by atoms with Crippen molar-refractivity contribution >= 4 is 16.1 Å². The van der Waals surface area contributed by atoms with Gasteiger partial charge in [0.2, 0.25) is 0 Å². The van der Waals surface area contributed by atoms with Crippen molar-refractivity contribution < 1.29 is 45.2 Å². The molecule has 0 aromatic rings. The second kappa shape index (κ2) is 5.78. The third kappa shape index (κ3) is 3.33. The van der Waals surface area contributed by atoms with Crippen LogP contribution < -0.4 is 0 Å². The molecular weight excluding hydrogens is 384 g/mol. The van der Waals surface area contributed by atoms with Crippen LogP contribution in [0.25, 0.3) is 0 Å². The van der Waals surface area contributed by atoms with Crippen molar-refractivity contribution in [1.82, 2.24) is 0 Å². The molecule has 11 heteroatoms. The molecule has 2 unspecified atom stereocenters. The molecule has 0 aliphatic heterocycles. The predicted octanol–water partition coefficient (Wildman–Crippen LogP) is 2.02. The van der Waals surface area contributed by atoms with Crippen molar-refractivity contribution in [3.8, 4) is 0 Å². The molecule has 4 rings (SSSR count). The molecule has 0 amide bonds. The van der Waals surface area contributed by atoms with Crippen molar-refractivity contribution in [3.05, 3.63) is 0 Å². The van der Waals surface area contributed by atoms with Gasteiger partial charge in [0, 0.05) is 5.41 Å². The maximum absolute atomic E-state index is 13.4. The Kier molecular flexibility index (Phi) is 4.40. The standard InChI is InChI=1S/C15H20F4O6S/c16-14(17,15(18,19)26(22,23)24)6-11(20)25-8-12-2-9-1-10(3-12)5-13(21,4-9)7-12/h9-10,21H,1-8H2,(H,22,23,24)/p-1. The summed E-state index contributed by atoms with van der Waals surface area (Å²) in [5.74, 6) is -6.58. The summed E-state index contributed by atoms with van der Waals surface area (Å²) < 4.78 is 88.8. The molecule has 26 heavy (non-hydrogen) atoms. The molecule has 6 nitrogen and oxygen atoms in total. The van der Waals surface area contributed by atoms with Gasteiger partial charge in [-0.05, 0) is 50.4 Å². The summed E-state index contributed by atoms with van der Waals surface area (Å²) in [6.45, 7) is -0.299. The quantitative estimate of drug-likeness (QED) is 0.413. The maximum Gasteiger partial charge on any atom is 0.396 e. The van der Waals surface area contributed by atoms with Gasteiger partial charge in [-0.25, -0.2) is 8.42 Å². The van der Waals surface area contributed by atoms with E-state index in [9.17, 15) is 40.4 Å². The van der Waals surface area contributed by atoms with Gasteiger partial charge >= 0.3 is 17.1 Å². The van der Waals surface area contributed by atoms with Crippen LogP contribution in [-0.2, 0) is 19.6 Å². The molecule has 4 saturated carbocycles. The van der Waals surface area contributed by atoms with Gasteiger partial charge in [0.15, 0.2) is 10.1 Å². The highest BCUT2D eigenvalue weighted by Gasteiger charge is 2.63. The summed E-state index contributed by atoms with van der Waals surface area (Å²) in [4.78, 5) is 11.6. The lowest BCUT2D eigenvalue weighted by Gasteiger charge is -2.59. The van der Waals surface area contributed by atoms with Crippen LogP contribution in [0.2, 0.25) is 0 Å². The SMILES string of the molecule is O=C(CC(F)(F)C(F)(F)S(=O)(=O)[O-])OCC12CC3CC(CC(O)(C3)C1)C2. The number of carbonyl (C=O) groups excluding carboxylic acids is 1. The highest BCUT2D eigenvalue weighted by Crippen LogP contribution is 2.61. The minimum atomic E-state index is -6.64. The molecule has 0 heterocycles. The Morgan fingerprint density at radius 1 is 1.15 bits per heavy atom. The molecular formula is C15H19F4O6S-. The molecule has 0 aromatic heterocycles. The molecule has 0 aromatic carbocycles. The van der Waals surface area contributed by atoms with Gasteiger partial charge in [0.05, 0.1) is 12.2 Å². The number of rotatable bonds is 6. The number of hydrogen-bond acceptors (Lipinski definition) is 6. The van der Waals surface area contributed by atoms with E-state index in [1.165, 1.54) is 0 Å². The van der Waals surface area contributed by atoms with Gasteiger partial charge in [-0.3, -0.25) is 4.79 Å². The Morgan fingerprint density at radius 2 is 1.69 bits per heavy atom. The van der Waals surface area contributed by atoms with Gasteiger partial charge in [0.25, 0.3) is 0 Å². The Hall–Kier alpha value is -0.940. The van der Waals surface area contributed by atoms with Crippen LogP contribution in [0.5, 0.6) is 0 Å². The minimum Gasteiger partial charge on any atom is -0.743 e. The van der Waals surface area contributed by atoms with Crippen molar-refractivity contribution in [2.75, 3.05) is 6.61 Å². The van der Waals surface area contributed by atoms with Crippen molar-refractivity contribution in [2.24, 2.45) is 17.3 Å². The second-order valence-electron chi connectivity index (χ2n) is 8.20. The molecule has 4 aliphatic rings. The van der Waals surface area contributed by atoms with E-state index < -0.39 is 44.7 Å². The van der Waals surface area contributed by atoms with E-state index in [2.05, 4.69) is 0 Å². The van der Waals surface area contributed by atoms with Gasteiger partial charge in [0.1, 0.15) is 6.42 Å². The highest BCUT2D eigenvalue weighted by molar-refractivity contribution is 7.86. The summed E-state index contributed by atoms with van der Waals surface area (Å²) in [6.07, 6.45) is 1.68. The van der Waals surface area contributed by atoms with E-state index in [1.807, 2.05) is 0 Å². The first-order valence-electron chi connectivity index (χ1n) is 8.26. The summed E-state index contributed by atoms with van der Waals surface area (Å²) in [5.41, 5.74) is -1.44. The number of aliphatic hydroxyl groups is 1. The van der Waals surface area contributed by atoms with E-state index in [0.717, 1.165) is 6.42 Å². The number of carbonyl (C=O) groups is 1. The van der Waals surface area contributed by atoms with E-state index in [1.54, 1.807) is 0 Å². The minimum absolute atomic E-state index is 0.247. The summed E-state index contributed by atoms with van der Waals surface area (Å²) >= 11 is 0. The van der Waals surface area contributed by atoms with Crippen LogP contribution in [-0.4, -0.2) is 47.4 Å². The van der Waals surface area contributed by atoms with Crippen molar-refractivity contribution in [1.29, 1.82) is 0 Å². The van der Waals surface area contributed by atoms with Crippen LogP contribution in [0.4, 0.5) is 17.6 Å². The van der Waals surface area contributed by atoms with Crippen LogP contribution in [0.15, 0.2) is 0 Å². The Labute approximate surface area is 147 Å². The molecule has 0 radical (unpaired) electrons. The van der Waals surface area contributed by atoms with Crippen LogP contribution >= 0.6 is 0 Å². The zero-order chi connectivity index (χ0) is 19.6. The monoisotopic (exact) mass is 403 g/mol. The van der Waals surface area contributed by atoms with Crippen molar-refractivity contribution in [2.45, 2.75) is 61.7 Å². The molecule has 4 fully saturated rings. The molecule has 4 aliphatic carbocycles. The third-order valence-electron chi connectivity index (χ3n) is 5.80. The van der Waals surface area contributed by atoms with E-state index in [-0.39, 0.29) is 18.4 Å². The average molecular weight is 403 g/mol. The Morgan fingerprint density at radius 3 is 2.15 bits per heavy atom. The van der Waals surface area contributed by atoms with E-state index in [0.29, 0.717) is 32.1 Å². The van der Waals surface area contributed by atoms with Gasteiger partial charge < -0.3 is 14.4 Å². The zero-order valence-corrected chi connectivity index (χ0v) is 14.5. The fraction of sp³-hybridized carbons (Fsp3) is 0.933. The number of ether oxygens (including phenoxy) is 1. The third-order valence-corrected chi connectivity index (χ3v) is 6.72. The largest absolute Gasteiger partial charge is 0.743 e. The van der Waals surface area contributed by atoms with Gasteiger partial charge in [-0.15, -0.1) is 0 Å². The lowest BCUT2D eigenvalue weighted by Crippen LogP contribution is -2.57. The predicted molar refractivity (Wildman–Crippen MR) is 77.2 cm³/mol. The number of alkyl halides is 4. The summed E-state index contributed by atoms with van der Waals surface area (Å²) in [6, 6.07) is 0. The molecule has 0 spiro atoms. The molecule has 0 saturated heterocycles. The van der Waals surface area contributed by atoms with E-state index in [4.69, 9.17) is 4.74 Å².